The predicted molar refractivity (Wildman–Crippen MR) is 86.5 cm³/mol. The highest BCUT2D eigenvalue weighted by atomic mass is 127. The summed E-state index contributed by atoms with van der Waals surface area (Å²) in [5, 5.41) is 3.67. The fourth-order valence-electron chi connectivity index (χ4n) is 1.51. The summed E-state index contributed by atoms with van der Waals surface area (Å²) in [6, 6.07) is 14.5. The first-order valence-corrected chi connectivity index (χ1v) is 7.01. The van der Waals surface area contributed by atoms with Crippen molar-refractivity contribution in [2.75, 3.05) is 0 Å². The normalized spacial score (nSPS) is 11.2. The van der Waals surface area contributed by atoms with Crippen molar-refractivity contribution in [1.29, 1.82) is 0 Å². The molecule has 2 aromatic carbocycles. The molecule has 0 radical (unpaired) electrons. The third-order valence-corrected chi connectivity index (χ3v) is 3.37. The second kappa shape index (κ2) is 6.51. The van der Waals surface area contributed by atoms with Gasteiger partial charge in [-0.15, -0.1) is 0 Å². The molecule has 2 aromatic rings. The van der Waals surface area contributed by atoms with Gasteiger partial charge in [0.15, 0.2) is 5.84 Å². The van der Waals surface area contributed by atoms with Crippen LogP contribution in [0.2, 0.25) is 0 Å². The first kappa shape index (κ1) is 14.5. The molecule has 20 heavy (non-hydrogen) atoms. The average Bonchev–Trinajstić information content (AvgIpc) is 2.46. The Labute approximate surface area is 130 Å². The highest BCUT2D eigenvalue weighted by molar-refractivity contribution is 14.1. The minimum Gasteiger partial charge on any atom is -0.380 e. The smallest absolute Gasteiger partial charge is 0.365 e. The largest absolute Gasteiger partial charge is 0.380 e. The summed E-state index contributed by atoms with van der Waals surface area (Å²) in [7, 11) is 0. The molecule has 0 saturated carbocycles. The van der Waals surface area contributed by atoms with E-state index in [9.17, 15) is 4.79 Å². The van der Waals surface area contributed by atoms with Gasteiger partial charge in [-0.3, -0.25) is 0 Å². The molecule has 0 heterocycles. The zero-order chi connectivity index (χ0) is 14.5. The van der Waals surface area contributed by atoms with Crippen LogP contribution in [0.4, 0.5) is 0 Å². The Hall–Kier alpha value is -1.89. The van der Waals surface area contributed by atoms with E-state index in [4.69, 9.17) is 10.6 Å². The molecule has 4 nitrogen and oxygen atoms in total. The minimum absolute atomic E-state index is 0.170. The Kier molecular flexibility index (Phi) is 4.73. The van der Waals surface area contributed by atoms with Gasteiger partial charge in [-0.25, -0.2) is 4.79 Å². The highest BCUT2D eigenvalue weighted by Crippen LogP contribution is 2.08. The fourth-order valence-corrected chi connectivity index (χ4v) is 1.87. The van der Waals surface area contributed by atoms with Gasteiger partial charge in [0.2, 0.25) is 0 Å². The van der Waals surface area contributed by atoms with Crippen LogP contribution in [0.15, 0.2) is 53.7 Å². The molecule has 0 atom stereocenters. The molecule has 0 aliphatic heterocycles. The Morgan fingerprint density at radius 2 is 1.60 bits per heavy atom. The average molecular weight is 380 g/mol. The van der Waals surface area contributed by atoms with Gasteiger partial charge in [0.25, 0.3) is 0 Å². The standard InChI is InChI=1S/C15H13IN2O2/c1-10-2-4-11(5-3-10)14(17)18-20-15(19)12-6-8-13(16)9-7-12/h2-9H,1H3,(H2,17,18). The molecular weight excluding hydrogens is 367 g/mol. The summed E-state index contributed by atoms with van der Waals surface area (Å²) in [6.45, 7) is 1.98. The third-order valence-electron chi connectivity index (χ3n) is 2.65. The molecule has 2 N–H and O–H groups in total. The van der Waals surface area contributed by atoms with E-state index in [-0.39, 0.29) is 5.84 Å². The van der Waals surface area contributed by atoms with Crippen LogP contribution in [-0.4, -0.2) is 11.8 Å². The minimum atomic E-state index is -0.531. The van der Waals surface area contributed by atoms with E-state index in [0.29, 0.717) is 11.1 Å². The van der Waals surface area contributed by atoms with Crippen molar-refractivity contribution in [3.8, 4) is 0 Å². The van der Waals surface area contributed by atoms with Crippen LogP contribution in [0.25, 0.3) is 0 Å². The number of halogens is 1. The number of carbonyl (C=O) groups excluding carboxylic acids is 1. The summed E-state index contributed by atoms with van der Waals surface area (Å²) in [4.78, 5) is 16.6. The van der Waals surface area contributed by atoms with Gasteiger partial charge in [0.05, 0.1) is 5.56 Å². The summed E-state index contributed by atoms with van der Waals surface area (Å²) >= 11 is 2.16. The van der Waals surface area contributed by atoms with Crippen molar-refractivity contribution in [2.45, 2.75) is 6.92 Å². The summed E-state index contributed by atoms with van der Waals surface area (Å²) in [5.74, 6) is -0.361. The number of hydrogen-bond donors (Lipinski definition) is 1. The van der Waals surface area contributed by atoms with Crippen molar-refractivity contribution in [1.82, 2.24) is 0 Å². The van der Waals surface area contributed by atoms with Crippen molar-refractivity contribution in [2.24, 2.45) is 10.9 Å². The Morgan fingerprint density at radius 1 is 1.05 bits per heavy atom. The molecule has 2 rings (SSSR count). The maximum Gasteiger partial charge on any atom is 0.365 e. The molecule has 102 valence electrons. The number of amidine groups is 1. The van der Waals surface area contributed by atoms with Gasteiger partial charge in [0.1, 0.15) is 0 Å². The van der Waals surface area contributed by atoms with Crippen molar-refractivity contribution in [3.05, 3.63) is 68.8 Å². The summed E-state index contributed by atoms with van der Waals surface area (Å²) in [5.41, 5.74) is 8.04. The third kappa shape index (κ3) is 3.80. The maximum atomic E-state index is 11.8. The zero-order valence-corrected chi connectivity index (χ0v) is 13.0. The van der Waals surface area contributed by atoms with E-state index in [0.717, 1.165) is 9.13 Å². The molecular formula is C15H13IN2O2. The van der Waals surface area contributed by atoms with Gasteiger partial charge in [-0.2, -0.15) is 0 Å². The first-order valence-electron chi connectivity index (χ1n) is 5.93. The molecule has 0 bridgehead atoms. The lowest BCUT2D eigenvalue weighted by molar-refractivity contribution is 0.0516. The van der Waals surface area contributed by atoms with Crippen molar-refractivity contribution < 1.29 is 9.63 Å². The number of hydrogen-bond acceptors (Lipinski definition) is 3. The van der Waals surface area contributed by atoms with Crippen molar-refractivity contribution >= 4 is 34.4 Å². The fraction of sp³-hybridized carbons (Fsp3) is 0.0667. The highest BCUT2D eigenvalue weighted by Gasteiger charge is 2.07. The van der Waals surface area contributed by atoms with E-state index >= 15 is 0 Å². The molecule has 0 amide bonds. The molecule has 0 aromatic heterocycles. The van der Waals surface area contributed by atoms with Gasteiger partial charge < -0.3 is 10.6 Å². The van der Waals surface area contributed by atoms with Crippen LogP contribution in [0.3, 0.4) is 0 Å². The van der Waals surface area contributed by atoms with E-state index < -0.39 is 5.97 Å². The van der Waals surface area contributed by atoms with Crippen LogP contribution < -0.4 is 5.73 Å². The lowest BCUT2D eigenvalue weighted by Crippen LogP contribution is -2.15. The number of carbonyl (C=O) groups is 1. The number of nitrogens with two attached hydrogens (primary N) is 1. The summed E-state index contributed by atoms with van der Waals surface area (Å²) in [6.07, 6.45) is 0. The molecule has 0 saturated heterocycles. The molecule has 0 spiro atoms. The number of nitrogens with zero attached hydrogens (tertiary/aromatic N) is 1. The second-order valence-electron chi connectivity index (χ2n) is 4.23. The van der Waals surface area contributed by atoms with Crippen LogP contribution in [0.1, 0.15) is 21.5 Å². The molecule has 0 aliphatic rings. The van der Waals surface area contributed by atoms with Crippen LogP contribution in [0.5, 0.6) is 0 Å². The van der Waals surface area contributed by atoms with E-state index in [1.807, 2.05) is 43.3 Å². The SMILES string of the molecule is Cc1ccc(/C(N)=N\OC(=O)c2ccc(I)cc2)cc1. The van der Waals surface area contributed by atoms with Crippen LogP contribution >= 0.6 is 22.6 Å². The monoisotopic (exact) mass is 380 g/mol. The quantitative estimate of drug-likeness (QED) is 0.293. The number of oxime groups is 1. The number of rotatable bonds is 3. The van der Waals surface area contributed by atoms with Crippen molar-refractivity contribution in [3.63, 3.8) is 0 Å². The summed E-state index contributed by atoms with van der Waals surface area (Å²) < 4.78 is 1.04. The Balaban J connectivity index is 2.06. The van der Waals surface area contributed by atoms with Gasteiger partial charge >= 0.3 is 5.97 Å². The second-order valence-corrected chi connectivity index (χ2v) is 5.47. The van der Waals surface area contributed by atoms with E-state index in [1.165, 1.54) is 0 Å². The van der Waals surface area contributed by atoms with Crippen LogP contribution in [0, 0.1) is 10.5 Å². The van der Waals surface area contributed by atoms with Crippen LogP contribution in [-0.2, 0) is 4.84 Å². The topological polar surface area (TPSA) is 64.7 Å². The Bertz CT molecular complexity index is 634. The zero-order valence-electron chi connectivity index (χ0n) is 10.8. The predicted octanol–water partition coefficient (Wildman–Crippen LogP) is 3.08. The molecule has 5 heteroatoms. The number of aryl methyl sites for hydroxylation is 1. The molecule has 0 aliphatic carbocycles. The number of benzene rings is 2. The molecule has 0 fully saturated rings. The van der Waals surface area contributed by atoms with Gasteiger partial charge in [-0.1, -0.05) is 35.0 Å². The Morgan fingerprint density at radius 3 is 2.20 bits per heavy atom. The van der Waals surface area contributed by atoms with Gasteiger partial charge in [-0.05, 0) is 53.8 Å². The first-order chi connectivity index (χ1) is 9.56. The maximum absolute atomic E-state index is 11.8. The molecule has 0 unspecified atom stereocenters. The van der Waals surface area contributed by atoms with E-state index in [2.05, 4.69) is 27.7 Å². The lowest BCUT2D eigenvalue weighted by Gasteiger charge is -2.02. The lowest BCUT2D eigenvalue weighted by atomic mass is 10.1. The van der Waals surface area contributed by atoms with E-state index in [1.54, 1.807) is 12.1 Å². The van der Waals surface area contributed by atoms with Gasteiger partial charge in [0, 0.05) is 9.13 Å².